The highest BCUT2D eigenvalue weighted by Gasteiger charge is 2.06. The fourth-order valence-corrected chi connectivity index (χ4v) is 3.04. The van der Waals surface area contributed by atoms with Crippen molar-refractivity contribution in [1.82, 2.24) is 5.32 Å². The molecule has 1 aromatic heterocycles. The average Bonchev–Trinajstić information content (AvgIpc) is 2.75. The van der Waals surface area contributed by atoms with Gasteiger partial charge in [0, 0.05) is 24.1 Å². The zero-order valence-corrected chi connectivity index (χ0v) is 15.8. The van der Waals surface area contributed by atoms with Gasteiger partial charge in [-0.05, 0) is 52.7 Å². The maximum absolute atomic E-state index is 12.1. The summed E-state index contributed by atoms with van der Waals surface area (Å²) < 4.78 is 15.9. The van der Waals surface area contributed by atoms with Crippen molar-refractivity contribution in [2.75, 3.05) is 13.7 Å². The minimum atomic E-state index is -0.429. The molecule has 0 saturated carbocycles. The molecule has 3 aromatic carbocycles. The second kappa shape index (κ2) is 8.06. The van der Waals surface area contributed by atoms with Gasteiger partial charge in [-0.2, -0.15) is 0 Å². The predicted molar refractivity (Wildman–Crippen MR) is 110 cm³/mol. The van der Waals surface area contributed by atoms with Crippen LogP contribution in [0.1, 0.15) is 5.56 Å². The number of ether oxygens (including phenoxy) is 2. The fourth-order valence-electron chi connectivity index (χ4n) is 3.04. The Balaban J connectivity index is 1.35. The van der Waals surface area contributed by atoms with Crippen molar-refractivity contribution in [3.8, 4) is 11.5 Å². The van der Waals surface area contributed by atoms with Gasteiger partial charge in [0.05, 0.1) is 7.11 Å². The van der Waals surface area contributed by atoms with Crippen LogP contribution < -0.4 is 20.4 Å². The normalized spacial score (nSPS) is 10.8. The SMILES string of the molecule is COc1ccc2cc(CNC(=O)COc3ccc4ccc(=O)oc4c3)ccc2c1. The molecule has 4 rings (SSSR count). The molecular formula is C23H19NO5. The van der Waals surface area contributed by atoms with Gasteiger partial charge in [0.15, 0.2) is 6.61 Å². The molecule has 0 aliphatic heterocycles. The molecule has 1 amide bonds. The first kappa shape index (κ1) is 18.6. The van der Waals surface area contributed by atoms with Gasteiger partial charge >= 0.3 is 5.63 Å². The quantitative estimate of drug-likeness (QED) is 0.510. The number of benzene rings is 3. The van der Waals surface area contributed by atoms with E-state index in [1.165, 1.54) is 6.07 Å². The van der Waals surface area contributed by atoms with E-state index in [0.717, 1.165) is 27.5 Å². The van der Waals surface area contributed by atoms with Gasteiger partial charge < -0.3 is 19.2 Å². The molecule has 0 fully saturated rings. The van der Waals surface area contributed by atoms with E-state index >= 15 is 0 Å². The van der Waals surface area contributed by atoms with Crippen molar-refractivity contribution < 1.29 is 18.7 Å². The van der Waals surface area contributed by atoms with E-state index in [0.29, 0.717) is 17.9 Å². The Morgan fingerprint density at radius 1 is 0.897 bits per heavy atom. The second-order valence-electron chi connectivity index (χ2n) is 6.57. The van der Waals surface area contributed by atoms with Crippen molar-refractivity contribution >= 4 is 27.6 Å². The highest BCUT2D eigenvalue weighted by Crippen LogP contribution is 2.22. The lowest BCUT2D eigenvalue weighted by molar-refractivity contribution is -0.123. The van der Waals surface area contributed by atoms with Crippen molar-refractivity contribution in [2.45, 2.75) is 6.54 Å². The van der Waals surface area contributed by atoms with Gasteiger partial charge in [-0.25, -0.2) is 4.79 Å². The molecule has 1 N–H and O–H groups in total. The molecule has 0 aliphatic rings. The zero-order valence-electron chi connectivity index (χ0n) is 15.8. The van der Waals surface area contributed by atoms with Gasteiger partial charge in [0.25, 0.3) is 5.91 Å². The Morgan fingerprint density at radius 3 is 2.48 bits per heavy atom. The summed E-state index contributed by atoms with van der Waals surface area (Å²) >= 11 is 0. The van der Waals surface area contributed by atoms with Crippen LogP contribution in [0.2, 0.25) is 0 Å². The Kier molecular flexibility index (Phi) is 5.16. The minimum absolute atomic E-state index is 0.132. The highest BCUT2D eigenvalue weighted by atomic mass is 16.5. The maximum Gasteiger partial charge on any atom is 0.336 e. The summed E-state index contributed by atoms with van der Waals surface area (Å²) in [5.74, 6) is 1.03. The first-order valence-corrected chi connectivity index (χ1v) is 9.11. The van der Waals surface area contributed by atoms with E-state index in [-0.39, 0.29) is 12.5 Å². The number of nitrogens with one attached hydrogen (secondary N) is 1. The molecule has 0 atom stereocenters. The summed E-state index contributed by atoms with van der Waals surface area (Å²) in [6.45, 7) is 0.268. The smallest absolute Gasteiger partial charge is 0.336 e. The lowest BCUT2D eigenvalue weighted by Crippen LogP contribution is -2.28. The van der Waals surface area contributed by atoms with Crippen molar-refractivity contribution in [2.24, 2.45) is 0 Å². The van der Waals surface area contributed by atoms with Crippen LogP contribution in [-0.2, 0) is 11.3 Å². The summed E-state index contributed by atoms with van der Waals surface area (Å²) in [6, 6.07) is 20.0. The first-order valence-electron chi connectivity index (χ1n) is 9.11. The summed E-state index contributed by atoms with van der Waals surface area (Å²) in [5, 5.41) is 5.78. The van der Waals surface area contributed by atoms with Crippen molar-refractivity contribution in [3.05, 3.63) is 82.7 Å². The predicted octanol–water partition coefficient (Wildman–Crippen LogP) is 3.65. The van der Waals surface area contributed by atoms with Crippen LogP contribution in [0.15, 0.2) is 75.9 Å². The fraction of sp³-hybridized carbons (Fsp3) is 0.130. The Hall–Kier alpha value is -3.80. The molecule has 1 heterocycles. The highest BCUT2D eigenvalue weighted by molar-refractivity contribution is 5.85. The molecule has 0 spiro atoms. The summed E-state index contributed by atoms with van der Waals surface area (Å²) in [5.41, 5.74) is 0.980. The van der Waals surface area contributed by atoms with Gasteiger partial charge in [-0.3, -0.25) is 4.79 Å². The molecule has 0 aliphatic carbocycles. The third-order valence-corrected chi connectivity index (χ3v) is 4.57. The number of carbonyl (C=O) groups excluding carboxylic acids is 1. The van der Waals surface area contributed by atoms with Crippen molar-refractivity contribution in [3.63, 3.8) is 0 Å². The average molecular weight is 389 g/mol. The van der Waals surface area contributed by atoms with Gasteiger partial charge in [-0.15, -0.1) is 0 Å². The van der Waals surface area contributed by atoms with Crippen molar-refractivity contribution in [1.29, 1.82) is 0 Å². The summed E-state index contributed by atoms with van der Waals surface area (Å²) in [6.07, 6.45) is 0. The molecule has 6 nitrogen and oxygen atoms in total. The number of hydrogen-bond donors (Lipinski definition) is 1. The molecule has 4 aromatic rings. The summed E-state index contributed by atoms with van der Waals surface area (Å²) in [4.78, 5) is 23.4. The number of amides is 1. The van der Waals surface area contributed by atoms with Gasteiger partial charge in [0.1, 0.15) is 17.1 Å². The molecular weight excluding hydrogens is 370 g/mol. The van der Waals surface area contributed by atoms with E-state index < -0.39 is 5.63 Å². The lowest BCUT2D eigenvalue weighted by atomic mass is 10.1. The minimum Gasteiger partial charge on any atom is -0.497 e. The van der Waals surface area contributed by atoms with Crippen LogP contribution >= 0.6 is 0 Å². The number of fused-ring (bicyclic) bond motifs is 2. The van der Waals surface area contributed by atoms with E-state index in [2.05, 4.69) is 5.32 Å². The summed E-state index contributed by atoms with van der Waals surface area (Å²) in [7, 11) is 1.64. The first-order chi connectivity index (χ1) is 14.1. The number of methoxy groups -OCH3 is 1. The van der Waals surface area contributed by atoms with E-state index in [4.69, 9.17) is 13.9 Å². The van der Waals surface area contributed by atoms with E-state index in [9.17, 15) is 9.59 Å². The lowest BCUT2D eigenvalue weighted by Gasteiger charge is -2.09. The number of hydrogen-bond acceptors (Lipinski definition) is 5. The maximum atomic E-state index is 12.1. The Bertz CT molecular complexity index is 1240. The van der Waals surface area contributed by atoms with E-state index in [1.54, 1.807) is 31.4 Å². The number of rotatable bonds is 6. The topological polar surface area (TPSA) is 77.8 Å². The standard InChI is InChI=1S/C23H19NO5/c1-27-19-7-5-17-10-15(2-3-18(17)11-19)13-24-22(25)14-28-20-8-4-16-6-9-23(26)29-21(16)12-20/h2-12H,13-14H2,1H3,(H,24,25). The Labute approximate surface area is 166 Å². The monoisotopic (exact) mass is 389 g/mol. The van der Waals surface area contributed by atoms with Gasteiger partial charge in [-0.1, -0.05) is 18.2 Å². The molecule has 0 saturated heterocycles. The molecule has 0 unspecified atom stereocenters. The van der Waals surface area contributed by atoms with Crippen LogP contribution in [0.25, 0.3) is 21.7 Å². The van der Waals surface area contributed by atoms with Crippen LogP contribution in [0.3, 0.4) is 0 Å². The van der Waals surface area contributed by atoms with E-state index in [1.807, 2.05) is 36.4 Å². The Morgan fingerprint density at radius 2 is 1.62 bits per heavy atom. The van der Waals surface area contributed by atoms with Crippen LogP contribution in [-0.4, -0.2) is 19.6 Å². The third kappa shape index (κ3) is 4.38. The number of carbonyl (C=O) groups is 1. The van der Waals surface area contributed by atoms with Crippen LogP contribution in [0.4, 0.5) is 0 Å². The molecule has 29 heavy (non-hydrogen) atoms. The second-order valence-corrected chi connectivity index (χ2v) is 6.57. The molecule has 0 radical (unpaired) electrons. The largest absolute Gasteiger partial charge is 0.497 e. The van der Waals surface area contributed by atoms with Crippen LogP contribution in [0.5, 0.6) is 11.5 Å². The molecule has 6 heteroatoms. The zero-order chi connectivity index (χ0) is 20.2. The molecule has 146 valence electrons. The van der Waals surface area contributed by atoms with Crippen LogP contribution in [0, 0.1) is 0 Å². The van der Waals surface area contributed by atoms with Gasteiger partial charge in [0.2, 0.25) is 0 Å². The third-order valence-electron chi connectivity index (χ3n) is 4.57. The molecule has 0 bridgehead atoms.